The summed E-state index contributed by atoms with van der Waals surface area (Å²) in [4.78, 5) is 11.7. The first-order chi connectivity index (χ1) is 10.7. The largest absolute Gasteiger partial charge is 0.395 e. The molecule has 4 rings (SSSR count). The zero-order chi connectivity index (χ0) is 15.3. The molecule has 2 aromatic heterocycles. The second kappa shape index (κ2) is 5.17. The van der Waals surface area contributed by atoms with Gasteiger partial charge in [0.15, 0.2) is 5.82 Å². The Hall–Kier alpha value is -1.74. The van der Waals surface area contributed by atoms with E-state index in [9.17, 15) is 15.3 Å². The van der Waals surface area contributed by atoms with Crippen LogP contribution in [-0.2, 0) is 0 Å². The molecule has 0 unspecified atom stereocenters. The van der Waals surface area contributed by atoms with E-state index in [1.165, 1.54) is 6.33 Å². The number of aromatic amines is 1. The monoisotopic (exact) mass is 305 g/mol. The number of aliphatic hydroxyl groups is 3. The predicted molar refractivity (Wildman–Crippen MR) is 79.3 cm³/mol. The van der Waals surface area contributed by atoms with E-state index in [4.69, 9.17) is 0 Å². The number of nitrogens with zero attached hydrogens (tertiary/aromatic N) is 2. The summed E-state index contributed by atoms with van der Waals surface area (Å²) in [6, 6.07) is -0.555. The van der Waals surface area contributed by atoms with E-state index in [1.54, 1.807) is 6.20 Å². The second-order valence-corrected chi connectivity index (χ2v) is 6.02. The Labute approximate surface area is 126 Å². The van der Waals surface area contributed by atoms with Crippen molar-refractivity contribution in [2.45, 2.75) is 43.2 Å². The van der Waals surface area contributed by atoms with Gasteiger partial charge >= 0.3 is 0 Å². The van der Waals surface area contributed by atoms with Crippen molar-refractivity contribution >= 4 is 16.9 Å². The smallest absolute Gasteiger partial charge is 0.154 e. The maximum Gasteiger partial charge on any atom is 0.154 e. The third kappa shape index (κ3) is 2.15. The molecule has 8 heteroatoms. The van der Waals surface area contributed by atoms with Crippen molar-refractivity contribution in [2.24, 2.45) is 0 Å². The summed E-state index contributed by atoms with van der Waals surface area (Å²) in [5, 5.41) is 35.8. The minimum Gasteiger partial charge on any atom is -0.395 e. The van der Waals surface area contributed by atoms with Gasteiger partial charge in [-0.1, -0.05) is 0 Å². The molecule has 1 saturated carbocycles. The van der Waals surface area contributed by atoms with Crippen molar-refractivity contribution in [1.29, 1.82) is 0 Å². The second-order valence-electron chi connectivity index (χ2n) is 6.02. The van der Waals surface area contributed by atoms with Crippen LogP contribution in [-0.4, -0.2) is 61.2 Å². The maximum absolute atomic E-state index is 10.2. The lowest BCUT2D eigenvalue weighted by Crippen LogP contribution is -2.35. The molecule has 2 aliphatic rings. The number of fused-ring (bicyclic) bond motifs is 1. The van der Waals surface area contributed by atoms with Gasteiger partial charge in [0.05, 0.1) is 30.3 Å². The Morgan fingerprint density at radius 1 is 1.23 bits per heavy atom. The van der Waals surface area contributed by atoms with Crippen LogP contribution in [0, 0.1) is 0 Å². The van der Waals surface area contributed by atoms with Crippen molar-refractivity contribution in [3.8, 4) is 0 Å². The first-order valence-corrected chi connectivity index (χ1v) is 7.50. The molecule has 22 heavy (non-hydrogen) atoms. The van der Waals surface area contributed by atoms with E-state index in [0.29, 0.717) is 11.6 Å². The molecule has 3 heterocycles. The van der Waals surface area contributed by atoms with Crippen molar-refractivity contribution in [3.63, 3.8) is 0 Å². The molecular weight excluding hydrogens is 286 g/mol. The first-order valence-electron chi connectivity index (χ1n) is 7.50. The van der Waals surface area contributed by atoms with E-state index in [2.05, 4.69) is 25.6 Å². The molecule has 0 aromatic carbocycles. The average Bonchev–Trinajstić information content (AvgIpc) is 3.16. The van der Waals surface area contributed by atoms with Crippen molar-refractivity contribution in [2.75, 3.05) is 11.9 Å². The molecule has 0 spiro atoms. The highest BCUT2D eigenvalue weighted by atomic mass is 16.3. The van der Waals surface area contributed by atoms with Gasteiger partial charge in [-0.05, 0) is 12.8 Å². The molecule has 6 N–H and O–H groups in total. The molecule has 0 amide bonds. The van der Waals surface area contributed by atoms with Crippen LogP contribution in [0.5, 0.6) is 0 Å². The molecule has 118 valence electrons. The lowest BCUT2D eigenvalue weighted by atomic mass is 10.0. The maximum atomic E-state index is 10.2. The summed E-state index contributed by atoms with van der Waals surface area (Å²) in [5.74, 6) is 0.755. The van der Waals surface area contributed by atoms with Gasteiger partial charge in [-0.3, -0.25) is 0 Å². The molecule has 1 aliphatic carbocycles. The van der Waals surface area contributed by atoms with Crippen molar-refractivity contribution in [1.82, 2.24) is 20.3 Å². The molecule has 8 nitrogen and oxygen atoms in total. The molecule has 2 fully saturated rings. The van der Waals surface area contributed by atoms with Crippen molar-refractivity contribution < 1.29 is 15.3 Å². The van der Waals surface area contributed by atoms with Crippen LogP contribution in [0.25, 0.3) is 11.0 Å². The van der Waals surface area contributed by atoms with E-state index in [0.717, 1.165) is 29.7 Å². The van der Waals surface area contributed by atoms with Crippen molar-refractivity contribution in [3.05, 3.63) is 18.1 Å². The molecule has 2 aromatic rings. The van der Waals surface area contributed by atoms with Gasteiger partial charge < -0.3 is 30.9 Å². The van der Waals surface area contributed by atoms with Crippen LogP contribution in [0.2, 0.25) is 0 Å². The van der Waals surface area contributed by atoms with Gasteiger partial charge in [0.1, 0.15) is 17.9 Å². The average molecular weight is 305 g/mol. The minimum atomic E-state index is -1.01. The van der Waals surface area contributed by atoms with Crippen LogP contribution in [0.3, 0.4) is 0 Å². The standard InChI is InChI=1S/C14H19N5O3/c20-4-8-12(21)13(22)10(19-8)7-3-15-11-9(7)16-5-17-14(11)18-6-1-2-6/h3,5-6,8,10,12-13,15,19-22H,1-2,4H2,(H,16,17,18)/t8-,10+,12-,13+/m1/s1. The van der Waals surface area contributed by atoms with Gasteiger partial charge in [-0.15, -0.1) is 0 Å². The normalized spacial score (nSPS) is 31.8. The number of nitrogens with one attached hydrogen (secondary N) is 3. The number of aromatic nitrogens is 3. The topological polar surface area (TPSA) is 126 Å². The third-order valence-corrected chi connectivity index (χ3v) is 4.44. The lowest BCUT2D eigenvalue weighted by molar-refractivity contribution is 0.0196. The van der Waals surface area contributed by atoms with E-state index in [-0.39, 0.29) is 6.61 Å². The summed E-state index contributed by atoms with van der Waals surface area (Å²) >= 11 is 0. The summed E-state index contributed by atoms with van der Waals surface area (Å²) < 4.78 is 0. The summed E-state index contributed by atoms with van der Waals surface area (Å²) in [7, 11) is 0. The highest BCUT2D eigenvalue weighted by Crippen LogP contribution is 2.34. The number of hydrogen-bond donors (Lipinski definition) is 6. The van der Waals surface area contributed by atoms with Crippen LogP contribution in [0.4, 0.5) is 5.82 Å². The number of H-pyrrole nitrogens is 1. The molecule has 1 saturated heterocycles. The third-order valence-electron chi connectivity index (χ3n) is 4.44. The Kier molecular flexibility index (Phi) is 3.26. The fourth-order valence-corrected chi connectivity index (χ4v) is 3.02. The SMILES string of the molecule is OC[C@H]1N[C@@H](c2c[nH]c3c(NC4CC4)ncnc23)[C@H](O)[C@@H]1O. The summed E-state index contributed by atoms with van der Waals surface area (Å²) in [6.45, 7) is -0.236. The van der Waals surface area contributed by atoms with Gasteiger partial charge in [0, 0.05) is 17.8 Å². The quantitative estimate of drug-likeness (QED) is 0.439. The molecule has 1 aliphatic heterocycles. The molecular formula is C14H19N5O3. The number of anilines is 1. The van der Waals surface area contributed by atoms with E-state index < -0.39 is 24.3 Å². The van der Waals surface area contributed by atoms with Gasteiger partial charge in [-0.25, -0.2) is 9.97 Å². The highest BCUT2D eigenvalue weighted by Gasteiger charge is 2.42. The Bertz CT molecular complexity index is 686. The number of aliphatic hydroxyl groups excluding tert-OH is 3. The molecule has 0 radical (unpaired) electrons. The lowest BCUT2D eigenvalue weighted by Gasteiger charge is -2.14. The van der Waals surface area contributed by atoms with E-state index >= 15 is 0 Å². The highest BCUT2D eigenvalue weighted by molar-refractivity contribution is 5.88. The van der Waals surface area contributed by atoms with Gasteiger partial charge in [-0.2, -0.15) is 0 Å². The van der Waals surface area contributed by atoms with Gasteiger partial charge in [0.2, 0.25) is 0 Å². The molecule has 4 atom stereocenters. The van der Waals surface area contributed by atoms with Crippen LogP contribution in [0.15, 0.2) is 12.5 Å². The summed E-state index contributed by atoms with van der Waals surface area (Å²) in [5.41, 5.74) is 2.26. The Balaban J connectivity index is 1.70. The number of rotatable bonds is 4. The van der Waals surface area contributed by atoms with Crippen LogP contribution < -0.4 is 10.6 Å². The summed E-state index contributed by atoms with van der Waals surface area (Å²) in [6.07, 6.45) is 3.55. The van der Waals surface area contributed by atoms with Crippen LogP contribution >= 0.6 is 0 Å². The zero-order valence-electron chi connectivity index (χ0n) is 11.9. The fourth-order valence-electron chi connectivity index (χ4n) is 3.02. The minimum absolute atomic E-state index is 0.236. The molecule has 0 bridgehead atoms. The predicted octanol–water partition coefficient (Wildman–Crippen LogP) is -0.741. The van der Waals surface area contributed by atoms with Crippen LogP contribution in [0.1, 0.15) is 24.4 Å². The number of hydrogen-bond acceptors (Lipinski definition) is 7. The Morgan fingerprint density at radius 2 is 2.05 bits per heavy atom. The fraction of sp³-hybridized carbons (Fsp3) is 0.571. The van der Waals surface area contributed by atoms with Gasteiger partial charge in [0.25, 0.3) is 0 Å². The Morgan fingerprint density at radius 3 is 2.73 bits per heavy atom. The first kappa shape index (κ1) is 13.9. The van der Waals surface area contributed by atoms with E-state index in [1.807, 2.05) is 0 Å². The zero-order valence-corrected chi connectivity index (χ0v) is 11.9.